The quantitative estimate of drug-likeness (QED) is 0.515. The van der Waals surface area contributed by atoms with Gasteiger partial charge in [-0.05, 0) is 51.8 Å². The van der Waals surface area contributed by atoms with Crippen LogP contribution in [0.3, 0.4) is 0 Å². The summed E-state index contributed by atoms with van der Waals surface area (Å²) in [6.07, 6.45) is 4.63. The molecule has 0 aliphatic rings. The summed E-state index contributed by atoms with van der Waals surface area (Å²) in [4.78, 5) is 14.0. The summed E-state index contributed by atoms with van der Waals surface area (Å²) in [5.74, 6) is 1.72. The van der Waals surface area contributed by atoms with Crippen LogP contribution in [0.5, 0.6) is 0 Å². The SMILES string of the molecule is C=C(CCCCN(C)C(=O)c1ccc(C)cc1)O/C(C)=C\C. The molecular weight excluding hydrogens is 274 g/mol. The van der Waals surface area contributed by atoms with Gasteiger partial charge in [0.2, 0.25) is 0 Å². The van der Waals surface area contributed by atoms with Crippen LogP contribution >= 0.6 is 0 Å². The summed E-state index contributed by atoms with van der Waals surface area (Å²) < 4.78 is 5.52. The molecule has 0 spiro atoms. The van der Waals surface area contributed by atoms with Crippen LogP contribution in [-0.4, -0.2) is 24.4 Å². The molecule has 0 bridgehead atoms. The highest BCUT2D eigenvalue weighted by Gasteiger charge is 2.10. The highest BCUT2D eigenvalue weighted by Crippen LogP contribution is 2.12. The molecule has 0 saturated heterocycles. The van der Waals surface area contributed by atoms with E-state index in [0.29, 0.717) is 0 Å². The number of nitrogens with zero attached hydrogens (tertiary/aromatic N) is 1. The Labute approximate surface area is 134 Å². The highest BCUT2D eigenvalue weighted by atomic mass is 16.5. The number of carbonyl (C=O) groups excluding carboxylic acids is 1. The van der Waals surface area contributed by atoms with Crippen molar-refractivity contribution in [3.8, 4) is 0 Å². The molecule has 22 heavy (non-hydrogen) atoms. The summed E-state index contributed by atoms with van der Waals surface area (Å²) in [7, 11) is 1.84. The fourth-order valence-electron chi connectivity index (χ4n) is 2.03. The average molecular weight is 301 g/mol. The monoisotopic (exact) mass is 301 g/mol. The van der Waals surface area contributed by atoms with Crippen molar-refractivity contribution in [3.63, 3.8) is 0 Å². The van der Waals surface area contributed by atoms with Gasteiger partial charge in [0.25, 0.3) is 5.91 Å². The molecule has 0 N–H and O–H groups in total. The molecule has 1 aromatic carbocycles. The fourth-order valence-corrected chi connectivity index (χ4v) is 2.03. The van der Waals surface area contributed by atoms with E-state index in [-0.39, 0.29) is 5.91 Å². The molecule has 0 heterocycles. The van der Waals surface area contributed by atoms with Gasteiger partial charge in [0.05, 0.1) is 11.5 Å². The number of hydrogen-bond acceptors (Lipinski definition) is 2. The molecule has 0 aliphatic heterocycles. The standard InChI is InChI=1S/C19H27NO2/c1-6-16(3)22-17(4)9-7-8-14-20(5)19(21)18-12-10-15(2)11-13-18/h6,10-13H,4,7-9,14H2,1-3,5H3/b16-6-. The lowest BCUT2D eigenvalue weighted by Crippen LogP contribution is -2.27. The Kier molecular flexibility index (Phi) is 7.44. The maximum absolute atomic E-state index is 12.2. The minimum absolute atomic E-state index is 0.0693. The molecule has 120 valence electrons. The number of rotatable bonds is 8. The largest absolute Gasteiger partial charge is 0.467 e. The van der Waals surface area contributed by atoms with E-state index >= 15 is 0 Å². The molecule has 0 fully saturated rings. The number of hydrogen-bond donors (Lipinski definition) is 0. The van der Waals surface area contributed by atoms with Crippen LogP contribution in [0.15, 0.2) is 48.4 Å². The molecule has 1 amide bonds. The number of unbranched alkanes of at least 4 members (excludes halogenated alkanes) is 1. The van der Waals surface area contributed by atoms with Crippen LogP contribution < -0.4 is 0 Å². The summed E-state index contributed by atoms with van der Waals surface area (Å²) in [5.41, 5.74) is 1.90. The molecular formula is C19H27NO2. The first kappa shape index (κ1) is 18.0. The Hall–Kier alpha value is -2.03. The van der Waals surface area contributed by atoms with Crippen molar-refractivity contribution < 1.29 is 9.53 Å². The first-order chi connectivity index (χ1) is 10.4. The number of amides is 1. The van der Waals surface area contributed by atoms with Crippen molar-refractivity contribution in [1.82, 2.24) is 4.90 Å². The minimum Gasteiger partial charge on any atom is -0.467 e. The second-order valence-corrected chi connectivity index (χ2v) is 5.59. The van der Waals surface area contributed by atoms with Gasteiger partial charge >= 0.3 is 0 Å². The lowest BCUT2D eigenvalue weighted by molar-refractivity contribution is 0.0792. The number of benzene rings is 1. The van der Waals surface area contributed by atoms with Crippen molar-refractivity contribution in [2.75, 3.05) is 13.6 Å². The van der Waals surface area contributed by atoms with E-state index in [1.165, 1.54) is 0 Å². The molecule has 1 rings (SSSR count). The van der Waals surface area contributed by atoms with Crippen molar-refractivity contribution in [2.24, 2.45) is 0 Å². The van der Waals surface area contributed by atoms with Crippen LogP contribution in [0, 0.1) is 6.92 Å². The van der Waals surface area contributed by atoms with Gasteiger partial charge < -0.3 is 9.64 Å². The average Bonchev–Trinajstić information content (AvgIpc) is 2.51. The van der Waals surface area contributed by atoms with Gasteiger partial charge in [-0.25, -0.2) is 0 Å². The number of ether oxygens (including phenoxy) is 1. The zero-order chi connectivity index (χ0) is 16.5. The third-order valence-corrected chi connectivity index (χ3v) is 3.56. The van der Waals surface area contributed by atoms with Gasteiger partial charge in [0.1, 0.15) is 0 Å². The summed E-state index contributed by atoms with van der Waals surface area (Å²) in [5, 5.41) is 0. The predicted molar refractivity (Wildman–Crippen MR) is 91.6 cm³/mol. The molecule has 0 aliphatic carbocycles. The molecule has 3 heteroatoms. The van der Waals surface area contributed by atoms with Gasteiger partial charge in [0, 0.05) is 25.6 Å². The van der Waals surface area contributed by atoms with Crippen molar-refractivity contribution in [3.05, 3.63) is 59.6 Å². The van der Waals surface area contributed by atoms with Gasteiger partial charge in [-0.1, -0.05) is 24.3 Å². The van der Waals surface area contributed by atoms with Crippen LogP contribution in [0.1, 0.15) is 49.0 Å². The van der Waals surface area contributed by atoms with Crippen molar-refractivity contribution in [2.45, 2.75) is 40.0 Å². The molecule has 0 aromatic heterocycles. The van der Waals surface area contributed by atoms with Gasteiger partial charge in [-0.3, -0.25) is 4.79 Å². The number of aryl methyl sites for hydroxylation is 1. The predicted octanol–water partition coefficient (Wildman–Crippen LogP) is 4.69. The summed E-state index contributed by atoms with van der Waals surface area (Å²) in [6, 6.07) is 7.69. The Morgan fingerprint density at radius 2 is 1.91 bits per heavy atom. The van der Waals surface area contributed by atoms with E-state index in [2.05, 4.69) is 6.58 Å². The zero-order valence-electron chi connectivity index (χ0n) is 14.2. The second-order valence-electron chi connectivity index (χ2n) is 5.59. The van der Waals surface area contributed by atoms with Crippen LogP contribution in [0.2, 0.25) is 0 Å². The second kappa shape index (κ2) is 9.08. The number of carbonyl (C=O) groups is 1. The first-order valence-electron chi connectivity index (χ1n) is 7.74. The normalized spacial score (nSPS) is 11.2. The van der Waals surface area contributed by atoms with E-state index in [1.54, 1.807) is 4.90 Å². The molecule has 1 aromatic rings. The lowest BCUT2D eigenvalue weighted by Gasteiger charge is -2.17. The third-order valence-electron chi connectivity index (χ3n) is 3.56. The zero-order valence-corrected chi connectivity index (χ0v) is 14.2. The van der Waals surface area contributed by atoms with E-state index in [0.717, 1.165) is 48.5 Å². The van der Waals surface area contributed by atoms with E-state index < -0.39 is 0 Å². The van der Waals surface area contributed by atoms with Gasteiger partial charge in [-0.2, -0.15) is 0 Å². The van der Waals surface area contributed by atoms with Crippen LogP contribution in [0.25, 0.3) is 0 Å². The van der Waals surface area contributed by atoms with Crippen molar-refractivity contribution >= 4 is 5.91 Å². The Balaban J connectivity index is 2.31. The van der Waals surface area contributed by atoms with Crippen LogP contribution in [-0.2, 0) is 4.74 Å². The molecule has 0 radical (unpaired) electrons. The smallest absolute Gasteiger partial charge is 0.253 e. The summed E-state index contributed by atoms with van der Waals surface area (Å²) >= 11 is 0. The lowest BCUT2D eigenvalue weighted by atomic mass is 10.1. The van der Waals surface area contributed by atoms with Crippen molar-refractivity contribution in [1.29, 1.82) is 0 Å². The van der Waals surface area contributed by atoms with E-state index in [1.807, 2.05) is 58.2 Å². The first-order valence-corrected chi connectivity index (χ1v) is 7.74. The molecule has 0 atom stereocenters. The van der Waals surface area contributed by atoms with Crippen LogP contribution in [0.4, 0.5) is 0 Å². The van der Waals surface area contributed by atoms with E-state index in [4.69, 9.17) is 4.74 Å². The Morgan fingerprint density at radius 1 is 1.27 bits per heavy atom. The maximum atomic E-state index is 12.2. The third kappa shape index (κ3) is 6.17. The highest BCUT2D eigenvalue weighted by molar-refractivity contribution is 5.94. The fraction of sp³-hybridized carbons (Fsp3) is 0.421. The van der Waals surface area contributed by atoms with Gasteiger partial charge in [0.15, 0.2) is 0 Å². The molecule has 3 nitrogen and oxygen atoms in total. The topological polar surface area (TPSA) is 29.5 Å². The number of allylic oxidation sites excluding steroid dienone is 3. The maximum Gasteiger partial charge on any atom is 0.253 e. The Morgan fingerprint density at radius 3 is 2.50 bits per heavy atom. The Bertz CT molecular complexity index is 529. The molecule has 0 saturated carbocycles. The summed E-state index contributed by atoms with van der Waals surface area (Å²) in [6.45, 7) is 10.5. The molecule has 0 unspecified atom stereocenters. The van der Waals surface area contributed by atoms with Gasteiger partial charge in [-0.15, -0.1) is 0 Å². The minimum atomic E-state index is 0.0693. The van der Waals surface area contributed by atoms with E-state index in [9.17, 15) is 4.79 Å².